The van der Waals surface area contributed by atoms with Crippen LogP contribution in [-0.4, -0.2) is 28.5 Å². The zero-order valence-electron chi connectivity index (χ0n) is 12.2. The Balaban J connectivity index is 1.60. The number of aliphatic carboxylic acids is 1. The number of aromatic nitrogens is 1. The lowest BCUT2D eigenvalue weighted by molar-refractivity contribution is -0.143. The quantitative estimate of drug-likeness (QED) is 0.850. The molecule has 2 N–H and O–H groups in total. The van der Waals surface area contributed by atoms with E-state index in [0.29, 0.717) is 24.3 Å². The van der Waals surface area contributed by atoms with Gasteiger partial charge in [-0.15, -0.1) is 11.3 Å². The van der Waals surface area contributed by atoms with Gasteiger partial charge in [0, 0.05) is 18.3 Å². The molecule has 1 amide bonds. The molecule has 1 aliphatic carbocycles. The van der Waals surface area contributed by atoms with E-state index in [1.54, 1.807) is 17.5 Å². The van der Waals surface area contributed by atoms with E-state index in [4.69, 9.17) is 5.11 Å². The number of carbonyl (C=O) groups is 2. The van der Waals surface area contributed by atoms with Crippen LogP contribution in [0.3, 0.4) is 0 Å². The number of carboxylic acid groups (broad SMARTS) is 1. The molecule has 0 aliphatic heterocycles. The lowest BCUT2D eigenvalue weighted by Gasteiger charge is -2.09. The maximum Gasteiger partial charge on any atom is 0.311 e. The van der Waals surface area contributed by atoms with Gasteiger partial charge in [-0.1, -0.05) is 12.1 Å². The molecule has 0 spiro atoms. The molecule has 0 atom stereocenters. The molecule has 120 valence electrons. The Labute approximate surface area is 136 Å². The summed E-state index contributed by atoms with van der Waals surface area (Å²) < 4.78 is 13.2. The number of nitrogens with zero attached hydrogens (tertiary/aromatic N) is 1. The van der Waals surface area contributed by atoms with E-state index in [9.17, 15) is 14.0 Å². The van der Waals surface area contributed by atoms with Gasteiger partial charge in [0.1, 0.15) is 11.5 Å². The van der Waals surface area contributed by atoms with Gasteiger partial charge in [0.2, 0.25) is 0 Å². The normalized spacial score (nSPS) is 15.2. The van der Waals surface area contributed by atoms with Crippen LogP contribution >= 0.6 is 11.3 Å². The van der Waals surface area contributed by atoms with E-state index in [1.807, 2.05) is 0 Å². The van der Waals surface area contributed by atoms with Crippen molar-refractivity contribution in [2.45, 2.75) is 19.3 Å². The topological polar surface area (TPSA) is 79.3 Å². The molecule has 1 aliphatic rings. The largest absolute Gasteiger partial charge is 0.481 e. The molecule has 5 nitrogen and oxygen atoms in total. The van der Waals surface area contributed by atoms with Crippen molar-refractivity contribution in [1.29, 1.82) is 0 Å². The average Bonchev–Trinajstić information content (AvgIpc) is 3.17. The molecular formula is C16H15FN2O3S. The van der Waals surface area contributed by atoms with Crippen LogP contribution in [0, 0.1) is 11.2 Å². The molecule has 3 rings (SSSR count). The Kier molecular flexibility index (Phi) is 4.12. The van der Waals surface area contributed by atoms with Gasteiger partial charge in [-0.3, -0.25) is 9.59 Å². The fourth-order valence-electron chi connectivity index (χ4n) is 2.28. The van der Waals surface area contributed by atoms with Crippen LogP contribution in [0.5, 0.6) is 0 Å². The van der Waals surface area contributed by atoms with Crippen molar-refractivity contribution >= 4 is 23.2 Å². The minimum absolute atomic E-state index is 0.123. The summed E-state index contributed by atoms with van der Waals surface area (Å²) in [5.41, 5.74) is 0.257. The number of amides is 1. The maximum atomic E-state index is 13.2. The number of rotatable bonds is 6. The Morgan fingerprint density at radius 3 is 2.83 bits per heavy atom. The van der Waals surface area contributed by atoms with Gasteiger partial charge in [-0.2, -0.15) is 0 Å². The number of nitrogens with one attached hydrogen (secondary N) is 1. The SMILES string of the molecule is O=C(NCC1(C(=O)O)CC1)c1csc(Cc2cccc(F)c2)n1. The van der Waals surface area contributed by atoms with Crippen molar-refractivity contribution in [2.24, 2.45) is 5.41 Å². The predicted molar refractivity (Wildman–Crippen MR) is 83.0 cm³/mol. The molecule has 2 aromatic rings. The fourth-order valence-corrected chi connectivity index (χ4v) is 3.08. The van der Waals surface area contributed by atoms with Crippen LogP contribution in [0.2, 0.25) is 0 Å². The zero-order chi connectivity index (χ0) is 16.4. The van der Waals surface area contributed by atoms with Crippen molar-refractivity contribution in [3.8, 4) is 0 Å². The zero-order valence-corrected chi connectivity index (χ0v) is 13.0. The van der Waals surface area contributed by atoms with Crippen molar-refractivity contribution in [2.75, 3.05) is 6.54 Å². The Bertz CT molecular complexity index is 755. The van der Waals surface area contributed by atoms with Gasteiger partial charge in [0.15, 0.2) is 0 Å². The smallest absolute Gasteiger partial charge is 0.311 e. The highest BCUT2D eigenvalue weighted by atomic mass is 32.1. The van der Waals surface area contributed by atoms with E-state index in [-0.39, 0.29) is 24.0 Å². The first kappa shape index (κ1) is 15.6. The summed E-state index contributed by atoms with van der Waals surface area (Å²) in [6.45, 7) is 0.123. The third kappa shape index (κ3) is 3.56. The van der Waals surface area contributed by atoms with Crippen LogP contribution in [0.1, 0.15) is 33.9 Å². The second-order valence-corrected chi connectivity index (χ2v) is 6.64. The molecule has 1 aromatic heterocycles. The summed E-state index contributed by atoms with van der Waals surface area (Å²) in [6.07, 6.45) is 1.63. The minimum Gasteiger partial charge on any atom is -0.481 e. The Morgan fingerprint density at radius 2 is 2.17 bits per heavy atom. The number of halogens is 1. The van der Waals surface area contributed by atoms with Gasteiger partial charge < -0.3 is 10.4 Å². The second-order valence-electron chi connectivity index (χ2n) is 5.70. The number of hydrogen-bond acceptors (Lipinski definition) is 4. The summed E-state index contributed by atoms with van der Waals surface area (Å²) >= 11 is 1.32. The number of carboxylic acids is 1. The molecule has 1 fully saturated rings. The van der Waals surface area contributed by atoms with E-state index >= 15 is 0 Å². The first-order valence-corrected chi connectivity index (χ1v) is 8.07. The minimum atomic E-state index is -0.872. The Hall–Kier alpha value is -2.28. The first-order chi connectivity index (χ1) is 11.0. The van der Waals surface area contributed by atoms with Crippen LogP contribution in [0.15, 0.2) is 29.6 Å². The van der Waals surface area contributed by atoms with Crippen LogP contribution in [-0.2, 0) is 11.2 Å². The van der Waals surface area contributed by atoms with Gasteiger partial charge >= 0.3 is 5.97 Å². The maximum absolute atomic E-state index is 13.2. The summed E-state index contributed by atoms with van der Waals surface area (Å²) in [5.74, 6) is -1.55. The summed E-state index contributed by atoms with van der Waals surface area (Å²) in [7, 11) is 0. The lowest BCUT2D eigenvalue weighted by Crippen LogP contribution is -2.34. The molecule has 0 saturated heterocycles. The fraction of sp³-hybridized carbons (Fsp3) is 0.312. The molecule has 23 heavy (non-hydrogen) atoms. The average molecular weight is 334 g/mol. The monoisotopic (exact) mass is 334 g/mol. The van der Waals surface area contributed by atoms with Gasteiger partial charge in [0.25, 0.3) is 5.91 Å². The van der Waals surface area contributed by atoms with E-state index in [1.165, 1.54) is 23.5 Å². The van der Waals surface area contributed by atoms with Crippen molar-refractivity contribution in [3.63, 3.8) is 0 Å². The molecule has 0 bridgehead atoms. The van der Waals surface area contributed by atoms with Crippen molar-refractivity contribution in [1.82, 2.24) is 10.3 Å². The molecule has 7 heteroatoms. The van der Waals surface area contributed by atoms with E-state index in [0.717, 1.165) is 5.56 Å². The van der Waals surface area contributed by atoms with Crippen molar-refractivity contribution < 1.29 is 19.1 Å². The summed E-state index contributed by atoms with van der Waals surface area (Å²) in [5, 5.41) is 14.1. The molecule has 0 radical (unpaired) electrons. The summed E-state index contributed by atoms with van der Waals surface area (Å²) in [6, 6.07) is 6.24. The molecule has 1 heterocycles. The third-order valence-corrected chi connectivity index (χ3v) is 4.77. The summed E-state index contributed by atoms with van der Waals surface area (Å²) in [4.78, 5) is 27.4. The predicted octanol–water partition coefficient (Wildman–Crippen LogP) is 2.47. The molecule has 1 saturated carbocycles. The third-order valence-electron chi connectivity index (χ3n) is 3.92. The number of thiazole rings is 1. The van der Waals surface area contributed by atoms with Crippen molar-refractivity contribution in [3.05, 3.63) is 51.7 Å². The highest BCUT2D eigenvalue weighted by molar-refractivity contribution is 7.09. The van der Waals surface area contributed by atoms with Gasteiger partial charge in [-0.05, 0) is 30.5 Å². The molecule has 1 aromatic carbocycles. The number of benzene rings is 1. The van der Waals surface area contributed by atoms with E-state index in [2.05, 4.69) is 10.3 Å². The van der Waals surface area contributed by atoms with E-state index < -0.39 is 11.4 Å². The van der Waals surface area contributed by atoms with Crippen LogP contribution in [0.4, 0.5) is 4.39 Å². The highest BCUT2D eigenvalue weighted by Crippen LogP contribution is 2.45. The second kappa shape index (κ2) is 6.08. The standard InChI is InChI=1S/C16H15FN2O3S/c17-11-3-1-2-10(6-11)7-13-19-12(8-23-13)14(20)18-9-16(4-5-16)15(21)22/h1-3,6,8H,4-5,7,9H2,(H,18,20)(H,21,22). The Morgan fingerprint density at radius 1 is 1.39 bits per heavy atom. The molecular weight excluding hydrogens is 319 g/mol. The molecule has 0 unspecified atom stereocenters. The highest BCUT2D eigenvalue weighted by Gasteiger charge is 2.50. The lowest BCUT2D eigenvalue weighted by atomic mass is 10.1. The van der Waals surface area contributed by atoms with Gasteiger partial charge in [0.05, 0.1) is 10.4 Å². The van der Waals surface area contributed by atoms with Crippen LogP contribution in [0.25, 0.3) is 0 Å². The number of hydrogen-bond donors (Lipinski definition) is 2. The van der Waals surface area contributed by atoms with Gasteiger partial charge in [-0.25, -0.2) is 9.37 Å². The number of carbonyl (C=O) groups excluding carboxylic acids is 1. The first-order valence-electron chi connectivity index (χ1n) is 7.19. The van der Waals surface area contributed by atoms with Crippen LogP contribution < -0.4 is 5.32 Å².